The summed E-state index contributed by atoms with van der Waals surface area (Å²) in [6.45, 7) is 15.2. The highest BCUT2D eigenvalue weighted by molar-refractivity contribution is 7.40. The maximum absolute atomic E-state index is 2.63. The Morgan fingerprint density at radius 1 is 0.692 bits per heavy atom. The Morgan fingerprint density at radius 3 is 1.54 bits per heavy atom. The first-order chi connectivity index (χ1) is 5.87. The minimum Gasteiger partial charge on any atom is -0.0713 e. The van der Waals surface area contributed by atoms with E-state index < -0.39 is 15.2 Å². The van der Waals surface area contributed by atoms with Crippen molar-refractivity contribution in [1.29, 1.82) is 0 Å². The van der Waals surface area contributed by atoms with Gasteiger partial charge in [0.1, 0.15) is 0 Å². The van der Waals surface area contributed by atoms with Gasteiger partial charge < -0.3 is 0 Å². The molecule has 13 heavy (non-hydrogen) atoms. The smallest absolute Gasteiger partial charge is 0.0412 e. The zero-order valence-electron chi connectivity index (χ0n) is 10.5. The standard InChI is InChI=1S/C11H28Si2/c1-7-9-11-13(5,6)12(3,4)10-8-2/h7-11H2,1-6H3. The van der Waals surface area contributed by atoms with Gasteiger partial charge in [0.25, 0.3) is 0 Å². The molecule has 0 bridgehead atoms. The van der Waals surface area contributed by atoms with Crippen LogP contribution in [-0.4, -0.2) is 15.2 Å². The van der Waals surface area contributed by atoms with Crippen LogP contribution < -0.4 is 0 Å². The first kappa shape index (κ1) is 13.4. The summed E-state index contributed by atoms with van der Waals surface area (Å²) < 4.78 is 0. The summed E-state index contributed by atoms with van der Waals surface area (Å²) in [6.07, 6.45) is 4.26. The number of unbranched alkanes of at least 4 members (excludes halogenated alkanes) is 1. The molecule has 0 rings (SSSR count). The molecule has 0 N–H and O–H groups in total. The summed E-state index contributed by atoms with van der Waals surface area (Å²) in [5.74, 6) is 0. The first-order valence-corrected chi connectivity index (χ1v) is 13.3. The van der Waals surface area contributed by atoms with Crippen molar-refractivity contribution in [2.24, 2.45) is 0 Å². The molecule has 0 spiro atoms. The molecule has 0 aliphatic rings. The lowest BCUT2D eigenvalue weighted by molar-refractivity contribution is 0.870. The first-order valence-electron chi connectivity index (χ1n) is 5.87. The van der Waals surface area contributed by atoms with Crippen molar-refractivity contribution < 1.29 is 0 Å². The lowest BCUT2D eigenvalue weighted by Gasteiger charge is -2.38. The van der Waals surface area contributed by atoms with Gasteiger partial charge in [-0.3, -0.25) is 0 Å². The fourth-order valence-electron chi connectivity index (χ4n) is 1.92. The summed E-state index contributed by atoms with van der Waals surface area (Å²) in [4.78, 5) is 0. The maximum atomic E-state index is 2.63. The molecule has 0 nitrogen and oxygen atoms in total. The minimum atomic E-state index is -0.834. The fraction of sp³-hybridized carbons (Fsp3) is 1.00. The van der Waals surface area contributed by atoms with E-state index in [0.29, 0.717) is 0 Å². The van der Waals surface area contributed by atoms with Crippen molar-refractivity contribution in [3.05, 3.63) is 0 Å². The van der Waals surface area contributed by atoms with Crippen LogP contribution >= 0.6 is 0 Å². The Morgan fingerprint density at radius 2 is 1.15 bits per heavy atom. The van der Waals surface area contributed by atoms with Gasteiger partial charge in [0.05, 0.1) is 0 Å². The lowest BCUT2D eigenvalue weighted by Crippen LogP contribution is -2.54. The Hall–Kier alpha value is 0.434. The Balaban J connectivity index is 4.22. The number of hydrogen-bond acceptors (Lipinski definition) is 0. The topological polar surface area (TPSA) is 0 Å². The molecule has 0 aromatic heterocycles. The summed E-state index contributed by atoms with van der Waals surface area (Å²) >= 11 is 0. The average Bonchev–Trinajstić information content (AvgIpc) is 2.00. The maximum Gasteiger partial charge on any atom is 0.0412 e. The molecule has 0 atom stereocenters. The second kappa shape index (κ2) is 5.35. The summed E-state index contributed by atoms with van der Waals surface area (Å²) in [5.41, 5.74) is 0. The van der Waals surface area contributed by atoms with Gasteiger partial charge in [-0.2, -0.15) is 0 Å². The van der Waals surface area contributed by atoms with Gasteiger partial charge in [0.15, 0.2) is 0 Å². The molecule has 0 saturated heterocycles. The molecular formula is C11H28Si2. The monoisotopic (exact) mass is 216 g/mol. The second-order valence-corrected chi connectivity index (χ2v) is 22.3. The van der Waals surface area contributed by atoms with E-state index in [9.17, 15) is 0 Å². The normalized spacial score (nSPS) is 13.4. The van der Waals surface area contributed by atoms with E-state index in [2.05, 4.69) is 40.0 Å². The molecule has 80 valence electrons. The molecule has 0 aromatic rings. The quantitative estimate of drug-likeness (QED) is 0.565. The van der Waals surface area contributed by atoms with Crippen LogP contribution in [0.4, 0.5) is 0 Å². The summed E-state index contributed by atoms with van der Waals surface area (Å²) in [6, 6.07) is 3.12. The zero-order chi connectivity index (χ0) is 10.5. The van der Waals surface area contributed by atoms with Crippen LogP contribution in [0.15, 0.2) is 0 Å². The third kappa shape index (κ3) is 3.98. The molecule has 0 aliphatic heterocycles. The molecular weight excluding hydrogens is 188 g/mol. The minimum absolute atomic E-state index is 0.829. The van der Waals surface area contributed by atoms with Crippen molar-refractivity contribution in [2.75, 3.05) is 0 Å². The van der Waals surface area contributed by atoms with Gasteiger partial charge in [-0.25, -0.2) is 0 Å². The van der Waals surface area contributed by atoms with Crippen molar-refractivity contribution in [3.63, 3.8) is 0 Å². The van der Waals surface area contributed by atoms with Crippen LogP contribution in [0, 0.1) is 0 Å². The van der Waals surface area contributed by atoms with Crippen molar-refractivity contribution in [2.45, 2.75) is 71.4 Å². The van der Waals surface area contributed by atoms with E-state index in [4.69, 9.17) is 0 Å². The SMILES string of the molecule is CCCC[Si](C)(C)[Si](C)(C)CCC. The third-order valence-electron chi connectivity index (χ3n) is 3.86. The van der Waals surface area contributed by atoms with Crippen LogP contribution in [0.5, 0.6) is 0 Å². The van der Waals surface area contributed by atoms with Gasteiger partial charge in [0.2, 0.25) is 0 Å². The molecule has 0 radical (unpaired) electrons. The third-order valence-corrected chi connectivity index (χ3v) is 23.4. The van der Waals surface area contributed by atoms with E-state index in [1.54, 1.807) is 12.1 Å². The average molecular weight is 217 g/mol. The Kier molecular flexibility index (Phi) is 5.53. The molecule has 0 aliphatic carbocycles. The number of rotatable bonds is 6. The van der Waals surface area contributed by atoms with Gasteiger partial charge in [-0.15, -0.1) is 0 Å². The lowest BCUT2D eigenvalue weighted by atomic mass is 10.4. The van der Waals surface area contributed by atoms with Crippen LogP contribution in [-0.2, 0) is 0 Å². The fourth-order valence-corrected chi connectivity index (χ4v) is 11.1. The molecule has 0 saturated carbocycles. The summed E-state index contributed by atoms with van der Waals surface area (Å²) in [7, 11) is -1.66. The highest BCUT2D eigenvalue weighted by Crippen LogP contribution is 2.29. The van der Waals surface area contributed by atoms with E-state index in [0.717, 1.165) is 0 Å². The van der Waals surface area contributed by atoms with Gasteiger partial charge in [0, 0.05) is 15.2 Å². The Bertz CT molecular complexity index is 139. The summed E-state index contributed by atoms with van der Waals surface area (Å²) in [5, 5.41) is 0. The Labute approximate surface area is 86.9 Å². The molecule has 0 unspecified atom stereocenters. The van der Waals surface area contributed by atoms with Crippen molar-refractivity contribution in [1.82, 2.24) is 0 Å². The second-order valence-electron chi connectivity index (χ2n) is 5.62. The number of hydrogen-bond donors (Lipinski definition) is 0. The van der Waals surface area contributed by atoms with Gasteiger partial charge in [-0.05, 0) is 0 Å². The van der Waals surface area contributed by atoms with E-state index in [1.165, 1.54) is 19.3 Å². The van der Waals surface area contributed by atoms with Crippen LogP contribution in [0.1, 0.15) is 33.1 Å². The van der Waals surface area contributed by atoms with Crippen molar-refractivity contribution in [3.8, 4) is 0 Å². The van der Waals surface area contributed by atoms with Crippen LogP contribution in [0.3, 0.4) is 0 Å². The predicted molar refractivity (Wildman–Crippen MR) is 69.8 cm³/mol. The van der Waals surface area contributed by atoms with Crippen LogP contribution in [0.25, 0.3) is 0 Å². The highest BCUT2D eigenvalue weighted by atomic mass is 29.3. The highest BCUT2D eigenvalue weighted by Gasteiger charge is 2.38. The molecule has 2 heteroatoms. The van der Waals surface area contributed by atoms with E-state index in [1.807, 2.05) is 0 Å². The largest absolute Gasteiger partial charge is 0.0713 e. The zero-order valence-corrected chi connectivity index (χ0v) is 12.5. The van der Waals surface area contributed by atoms with Crippen LogP contribution in [0.2, 0.25) is 38.3 Å². The molecule has 0 amide bonds. The van der Waals surface area contributed by atoms with Crippen molar-refractivity contribution >= 4 is 15.2 Å². The molecule has 0 fully saturated rings. The predicted octanol–water partition coefficient (Wildman–Crippen LogP) is 4.69. The van der Waals surface area contributed by atoms with E-state index >= 15 is 0 Å². The van der Waals surface area contributed by atoms with E-state index in [-0.39, 0.29) is 0 Å². The van der Waals surface area contributed by atoms with Gasteiger partial charge in [-0.1, -0.05) is 71.4 Å². The molecule has 0 heterocycles. The van der Waals surface area contributed by atoms with Gasteiger partial charge >= 0.3 is 0 Å². The molecule has 0 aromatic carbocycles.